The van der Waals surface area contributed by atoms with Gasteiger partial charge in [-0.2, -0.15) is 5.10 Å². The summed E-state index contributed by atoms with van der Waals surface area (Å²) >= 11 is 1.60. The average molecular weight is 309 g/mol. The maximum atomic E-state index is 13.0. The molecule has 0 saturated heterocycles. The molecule has 0 atom stereocenters. The Labute approximate surface area is 132 Å². The number of aromatic nitrogens is 2. The van der Waals surface area contributed by atoms with Crippen molar-refractivity contribution in [1.29, 1.82) is 0 Å². The van der Waals surface area contributed by atoms with Crippen LogP contribution in [0.5, 0.6) is 0 Å². The fraction of sp³-hybridized carbons (Fsp3) is 0.176. The Bertz CT molecular complexity index is 835. The normalized spacial score (nSPS) is 13.4. The van der Waals surface area contributed by atoms with Gasteiger partial charge >= 0.3 is 0 Å². The number of para-hydroxylation sites is 1. The fourth-order valence-electron chi connectivity index (χ4n) is 2.93. The van der Waals surface area contributed by atoms with E-state index in [1.165, 1.54) is 5.56 Å². The molecule has 1 aromatic carbocycles. The lowest BCUT2D eigenvalue weighted by Crippen LogP contribution is -2.29. The van der Waals surface area contributed by atoms with Gasteiger partial charge in [-0.05, 0) is 29.5 Å². The molecular weight excluding hydrogens is 294 g/mol. The van der Waals surface area contributed by atoms with Crippen molar-refractivity contribution in [3.05, 3.63) is 59.1 Å². The lowest BCUT2D eigenvalue weighted by Gasteiger charge is -2.16. The van der Waals surface area contributed by atoms with Crippen LogP contribution in [0.15, 0.2) is 48.0 Å². The van der Waals surface area contributed by atoms with Crippen LogP contribution in [0.4, 0.5) is 5.69 Å². The summed E-state index contributed by atoms with van der Waals surface area (Å²) in [6.07, 6.45) is 2.73. The highest BCUT2D eigenvalue weighted by Gasteiger charge is 2.28. The first kappa shape index (κ1) is 13.3. The van der Waals surface area contributed by atoms with E-state index in [-0.39, 0.29) is 5.91 Å². The summed E-state index contributed by atoms with van der Waals surface area (Å²) in [4.78, 5) is 15.9. The molecular formula is C17H15N3OS. The summed E-state index contributed by atoms with van der Waals surface area (Å²) in [6, 6.07) is 12.1. The molecule has 3 aromatic rings. The van der Waals surface area contributed by atoms with Crippen molar-refractivity contribution in [2.75, 3.05) is 11.4 Å². The third kappa shape index (κ3) is 2.05. The molecule has 0 saturated carbocycles. The molecule has 4 rings (SSSR count). The Morgan fingerprint density at radius 3 is 2.91 bits per heavy atom. The quantitative estimate of drug-likeness (QED) is 0.728. The second-order valence-electron chi connectivity index (χ2n) is 5.38. The Morgan fingerprint density at radius 1 is 1.23 bits per heavy atom. The number of benzene rings is 1. The third-order valence-corrected chi connectivity index (χ3v) is 4.82. The molecule has 0 N–H and O–H groups in total. The predicted octanol–water partition coefficient (Wildman–Crippen LogP) is 3.35. The van der Waals surface area contributed by atoms with Crippen LogP contribution in [-0.4, -0.2) is 22.2 Å². The van der Waals surface area contributed by atoms with E-state index in [1.54, 1.807) is 16.0 Å². The van der Waals surface area contributed by atoms with Crippen molar-refractivity contribution in [2.45, 2.75) is 6.42 Å². The zero-order chi connectivity index (χ0) is 15.1. The Hall–Kier alpha value is -2.40. The van der Waals surface area contributed by atoms with Crippen LogP contribution in [-0.2, 0) is 13.5 Å². The summed E-state index contributed by atoms with van der Waals surface area (Å²) in [5, 5.41) is 6.48. The highest BCUT2D eigenvalue weighted by atomic mass is 32.1. The number of fused-ring (bicyclic) bond motifs is 1. The van der Waals surface area contributed by atoms with Crippen molar-refractivity contribution in [3.63, 3.8) is 0 Å². The van der Waals surface area contributed by atoms with Gasteiger partial charge in [-0.1, -0.05) is 24.3 Å². The predicted molar refractivity (Wildman–Crippen MR) is 88.3 cm³/mol. The zero-order valence-electron chi connectivity index (χ0n) is 12.2. The van der Waals surface area contributed by atoms with Gasteiger partial charge in [0.05, 0.1) is 10.4 Å². The molecule has 0 aliphatic carbocycles. The number of anilines is 1. The molecule has 1 aliphatic heterocycles. The van der Waals surface area contributed by atoms with Crippen LogP contribution >= 0.6 is 11.3 Å². The number of carbonyl (C=O) groups excluding carboxylic acids is 1. The zero-order valence-corrected chi connectivity index (χ0v) is 13.0. The summed E-state index contributed by atoms with van der Waals surface area (Å²) in [7, 11) is 1.85. The molecule has 110 valence electrons. The van der Waals surface area contributed by atoms with Gasteiger partial charge in [0.1, 0.15) is 5.69 Å². The number of rotatable bonds is 2. The van der Waals surface area contributed by atoms with E-state index in [0.717, 1.165) is 29.2 Å². The second-order valence-corrected chi connectivity index (χ2v) is 6.33. The number of nitrogens with zero attached hydrogens (tertiary/aromatic N) is 3. The maximum Gasteiger partial charge on any atom is 0.262 e. The molecule has 1 amide bonds. The van der Waals surface area contributed by atoms with E-state index in [2.05, 4.69) is 11.2 Å². The molecule has 0 unspecified atom stereocenters. The largest absolute Gasteiger partial charge is 0.308 e. The van der Waals surface area contributed by atoms with Crippen LogP contribution in [0.2, 0.25) is 0 Å². The smallest absolute Gasteiger partial charge is 0.262 e. The molecule has 22 heavy (non-hydrogen) atoms. The van der Waals surface area contributed by atoms with Crippen LogP contribution < -0.4 is 4.90 Å². The fourth-order valence-corrected chi connectivity index (χ4v) is 3.66. The summed E-state index contributed by atoms with van der Waals surface area (Å²) in [5.41, 5.74) is 3.69. The van der Waals surface area contributed by atoms with E-state index in [9.17, 15) is 4.79 Å². The molecule has 0 fully saturated rings. The number of thiophene rings is 1. The standard InChI is InChI=1S/C17H15N3OS/c1-19-11-13(16(18-19)15-7-4-10-22-15)17(21)20-9-8-12-5-2-3-6-14(12)20/h2-7,10-11H,8-9H2,1H3. The van der Waals surface area contributed by atoms with Gasteiger partial charge in [0.15, 0.2) is 0 Å². The van der Waals surface area contributed by atoms with Gasteiger partial charge in [-0.15, -0.1) is 11.3 Å². The Morgan fingerprint density at radius 2 is 2.09 bits per heavy atom. The average Bonchev–Trinajstić information content (AvgIpc) is 3.25. The van der Waals surface area contributed by atoms with Crippen molar-refractivity contribution in [3.8, 4) is 10.6 Å². The molecule has 4 nitrogen and oxygen atoms in total. The van der Waals surface area contributed by atoms with Crippen molar-refractivity contribution in [1.82, 2.24) is 9.78 Å². The molecule has 0 spiro atoms. The van der Waals surface area contributed by atoms with E-state index in [1.807, 2.05) is 53.9 Å². The third-order valence-electron chi connectivity index (χ3n) is 3.95. The summed E-state index contributed by atoms with van der Waals surface area (Å²) < 4.78 is 1.71. The lowest BCUT2D eigenvalue weighted by molar-refractivity contribution is 0.0990. The number of aryl methyl sites for hydroxylation is 1. The monoisotopic (exact) mass is 309 g/mol. The van der Waals surface area contributed by atoms with E-state index in [4.69, 9.17) is 0 Å². The topological polar surface area (TPSA) is 38.1 Å². The molecule has 1 aliphatic rings. The minimum Gasteiger partial charge on any atom is -0.308 e. The van der Waals surface area contributed by atoms with Gasteiger partial charge in [-0.25, -0.2) is 0 Å². The number of hydrogen-bond donors (Lipinski definition) is 0. The van der Waals surface area contributed by atoms with Gasteiger partial charge < -0.3 is 4.90 Å². The number of hydrogen-bond acceptors (Lipinski definition) is 3. The first-order valence-electron chi connectivity index (χ1n) is 7.21. The van der Waals surface area contributed by atoms with Crippen molar-refractivity contribution < 1.29 is 4.79 Å². The minimum atomic E-state index is 0.0291. The summed E-state index contributed by atoms with van der Waals surface area (Å²) in [6.45, 7) is 0.733. The minimum absolute atomic E-state index is 0.0291. The molecule has 3 heterocycles. The highest BCUT2D eigenvalue weighted by molar-refractivity contribution is 7.13. The van der Waals surface area contributed by atoms with Crippen LogP contribution in [0.1, 0.15) is 15.9 Å². The maximum absolute atomic E-state index is 13.0. The van der Waals surface area contributed by atoms with E-state index in [0.29, 0.717) is 5.56 Å². The first-order chi connectivity index (χ1) is 10.7. The van der Waals surface area contributed by atoms with Crippen LogP contribution in [0, 0.1) is 0 Å². The van der Waals surface area contributed by atoms with Crippen LogP contribution in [0.25, 0.3) is 10.6 Å². The SMILES string of the molecule is Cn1cc(C(=O)N2CCc3ccccc32)c(-c2cccs2)n1. The lowest BCUT2D eigenvalue weighted by atomic mass is 10.1. The Kier molecular flexibility index (Phi) is 3.08. The molecule has 2 aromatic heterocycles. The van der Waals surface area contributed by atoms with Gasteiger partial charge in [0.25, 0.3) is 5.91 Å². The number of carbonyl (C=O) groups is 1. The van der Waals surface area contributed by atoms with E-state index >= 15 is 0 Å². The second kappa shape index (κ2) is 5.10. The van der Waals surface area contributed by atoms with Gasteiger partial charge in [0.2, 0.25) is 0 Å². The Balaban J connectivity index is 1.76. The highest BCUT2D eigenvalue weighted by Crippen LogP contribution is 2.32. The number of amides is 1. The van der Waals surface area contributed by atoms with Crippen LogP contribution in [0.3, 0.4) is 0 Å². The molecule has 0 radical (unpaired) electrons. The van der Waals surface area contributed by atoms with E-state index < -0.39 is 0 Å². The van der Waals surface area contributed by atoms with Gasteiger partial charge in [0, 0.05) is 25.5 Å². The van der Waals surface area contributed by atoms with Crippen molar-refractivity contribution >= 4 is 22.9 Å². The molecule has 0 bridgehead atoms. The summed E-state index contributed by atoms with van der Waals surface area (Å²) in [5.74, 6) is 0.0291. The first-order valence-corrected chi connectivity index (χ1v) is 8.09. The van der Waals surface area contributed by atoms with Gasteiger partial charge in [-0.3, -0.25) is 9.48 Å². The molecule has 5 heteroatoms. The van der Waals surface area contributed by atoms with Crippen molar-refractivity contribution in [2.24, 2.45) is 7.05 Å².